The number of nitrogens with zero attached hydrogens (tertiary/aromatic N) is 1. The Hall–Kier alpha value is -1.22. The van der Waals surface area contributed by atoms with E-state index in [1.54, 1.807) is 0 Å². The van der Waals surface area contributed by atoms with Gasteiger partial charge in [0.2, 0.25) is 0 Å². The maximum atomic E-state index is 6.12. The zero-order chi connectivity index (χ0) is 13.9. The molecule has 1 aromatic carbocycles. The smallest absolute Gasteiger partial charge is 0.142 e. The molecule has 0 radical (unpaired) electrons. The SMILES string of the molecule is Cc1ccc(OCC2CCC2)c(N2CCCC(N)C2)c1. The highest BCUT2D eigenvalue weighted by atomic mass is 16.5. The van der Waals surface area contributed by atoms with E-state index in [-0.39, 0.29) is 0 Å². The van der Waals surface area contributed by atoms with Gasteiger partial charge in [0.05, 0.1) is 12.3 Å². The minimum Gasteiger partial charge on any atom is -0.491 e. The lowest BCUT2D eigenvalue weighted by Gasteiger charge is -2.34. The van der Waals surface area contributed by atoms with E-state index in [0.717, 1.165) is 37.8 Å². The van der Waals surface area contributed by atoms with Gasteiger partial charge in [-0.25, -0.2) is 0 Å². The summed E-state index contributed by atoms with van der Waals surface area (Å²) in [7, 11) is 0. The van der Waals surface area contributed by atoms with Gasteiger partial charge in [0.15, 0.2) is 0 Å². The third-order valence-corrected chi connectivity index (χ3v) is 4.61. The summed E-state index contributed by atoms with van der Waals surface area (Å²) in [6.45, 7) is 5.05. The third kappa shape index (κ3) is 3.09. The van der Waals surface area contributed by atoms with Crippen LogP contribution in [0.5, 0.6) is 5.75 Å². The molecule has 1 heterocycles. The largest absolute Gasteiger partial charge is 0.491 e. The van der Waals surface area contributed by atoms with Crippen molar-refractivity contribution >= 4 is 5.69 Å². The van der Waals surface area contributed by atoms with Crippen molar-refractivity contribution in [3.05, 3.63) is 23.8 Å². The molecule has 1 saturated heterocycles. The van der Waals surface area contributed by atoms with E-state index >= 15 is 0 Å². The van der Waals surface area contributed by atoms with E-state index in [2.05, 4.69) is 30.0 Å². The standard InChI is InChI=1S/C17H26N2O/c1-13-7-8-17(20-12-14-4-2-5-14)16(10-13)19-9-3-6-15(18)11-19/h7-8,10,14-15H,2-6,9,11-12,18H2,1H3. The summed E-state index contributed by atoms with van der Waals surface area (Å²) in [4.78, 5) is 2.40. The van der Waals surface area contributed by atoms with Crippen molar-refractivity contribution in [3.8, 4) is 5.75 Å². The number of anilines is 1. The molecular weight excluding hydrogens is 248 g/mol. The van der Waals surface area contributed by atoms with Gasteiger partial charge in [-0.15, -0.1) is 0 Å². The maximum Gasteiger partial charge on any atom is 0.142 e. The third-order valence-electron chi connectivity index (χ3n) is 4.61. The second-order valence-corrected chi connectivity index (χ2v) is 6.43. The number of nitrogens with two attached hydrogens (primary N) is 1. The Labute approximate surface area is 122 Å². The van der Waals surface area contributed by atoms with Crippen LogP contribution in [-0.4, -0.2) is 25.7 Å². The molecule has 1 aliphatic heterocycles. The van der Waals surface area contributed by atoms with Gasteiger partial charge in [-0.05, 0) is 56.2 Å². The van der Waals surface area contributed by atoms with Crippen LogP contribution in [0.2, 0.25) is 0 Å². The Morgan fingerprint density at radius 2 is 2.10 bits per heavy atom. The van der Waals surface area contributed by atoms with Crippen LogP contribution in [0.25, 0.3) is 0 Å². The summed E-state index contributed by atoms with van der Waals surface area (Å²) in [5.74, 6) is 1.81. The highest BCUT2D eigenvalue weighted by Gasteiger charge is 2.22. The lowest BCUT2D eigenvalue weighted by atomic mass is 9.86. The van der Waals surface area contributed by atoms with Crippen molar-refractivity contribution in [2.75, 3.05) is 24.6 Å². The van der Waals surface area contributed by atoms with Crippen molar-refractivity contribution in [2.45, 2.75) is 45.1 Å². The van der Waals surface area contributed by atoms with Gasteiger partial charge in [0.25, 0.3) is 0 Å². The summed E-state index contributed by atoms with van der Waals surface area (Å²) < 4.78 is 6.10. The highest BCUT2D eigenvalue weighted by Crippen LogP contribution is 2.33. The molecule has 3 heteroatoms. The highest BCUT2D eigenvalue weighted by molar-refractivity contribution is 5.60. The molecule has 0 spiro atoms. The zero-order valence-corrected chi connectivity index (χ0v) is 12.5. The Balaban J connectivity index is 1.74. The number of hydrogen-bond donors (Lipinski definition) is 1. The van der Waals surface area contributed by atoms with Gasteiger partial charge in [0.1, 0.15) is 5.75 Å². The molecule has 2 fully saturated rings. The second-order valence-electron chi connectivity index (χ2n) is 6.43. The van der Waals surface area contributed by atoms with Gasteiger partial charge in [-0.3, -0.25) is 0 Å². The van der Waals surface area contributed by atoms with Crippen molar-refractivity contribution in [1.29, 1.82) is 0 Å². The number of piperidine rings is 1. The molecule has 1 unspecified atom stereocenters. The molecule has 0 bridgehead atoms. The molecule has 0 aromatic heterocycles. The van der Waals surface area contributed by atoms with Crippen LogP contribution in [-0.2, 0) is 0 Å². The number of aryl methyl sites for hydroxylation is 1. The predicted octanol–water partition coefficient (Wildman–Crippen LogP) is 3.10. The summed E-state index contributed by atoms with van der Waals surface area (Å²) >= 11 is 0. The van der Waals surface area contributed by atoms with E-state index < -0.39 is 0 Å². The molecule has 0 amide bonds. The molecule has 110 valence electrons. The molecule has 3 rings (SSSR count). The first kappa shape index (κ1) is 13.7. The first-order valence-electron chi connectivity index (χ1n) is 7.96. The van der Waals surface area contributed by atoms with E-state index in [1.807, 2.05) is 0 Å². The molecule has 3 nitrogen and oxygen atoms in total. The van der Waals surface area contributed by atoms with Gasteiger partial charge >= 0.3 is 0 Å². The average Bonchev–Trinajstić information content (AvgIpc) is 2.38. The first-order chi connectivity index (χ1) is 9.72. The molecular formula is C17H26N2O. The number of hydrogen-bond acceptors (Lipinski definition) is 3. The number of benzene rings is 1. The van der Waals surface area contributed by atoms with E-state index in [9.17, 15) is 0 Å². The number of ether oxygens (including phenoxy) is 1. The van der Waals surface area contributed by atoms with Crippen LogP contribution >= 0.6 is 0 Å². The molecule has 1 atom stereocenters. The van der Waals surface area contributed by atoms with Gasteiger partial charge < -0.3 is 15.4 Å². The summed E-state index contributed by atoms with van der Waals surface area (Å²) in [6.07, 6.45) is 6.35. The Morgan fingerprint density at radius 1 is 1.25 bits per heavy atom. The molecule has 2 N–H and O–H groups in total. The van der Waals surface area contributed by atoms with E-state index in [1.165, 1.54) is 36.9 Å². The Kier molecular flexibility index (Phi) is 4.16. The molecule has 1 aromatic rings. The van der Waals surface area contributed by atoms with Crippen LogP contribution in [0, 0.1) is 12.8 Å². The molecule has 20 heavy (non-hydrogen) atoms. The monoisotopic (exact) mass is 274 g/mol. The quantitative estimate of drug-likeness (QED) is 0.917. The average molecular weight is 274 g/mol. The van der Waals surface area contributed by atoms with Crippen molar-refractivity contribution in [2.24, 2.45) is 11.7 Å². The Bertz CT molecular complexity index is 456. The van der Waals surface area contributed by atoms with Gasteiger partial charge in [0, 0.05) is 19.1 Å². The van der Waals surface area contributed by atoms with Crippen LogP contribution in [0.3, 0.4) is 0 Å². The van der Waals surface area contributed by atoms with Crippen LogP contribution in [0.1, 0.15) is 37.7 Å². The van der Waals surface area contributed by atoms with Crippen molar-refractivity contribution < 1.29 is 4.74 Å². The zero-order valence-electron chi connectivity index (χ0n) is 12.5. The topological polar surface area (TPSA) is 38.5 Å². The molecule has 1 saturated carbocycles. The first-order valence-corrected chi connectivity index (χ1v) is 7.96. The van der Waals surface area contributed by atoms with E-state index in [0.29, 0.717) is 6.04 Å². The predicted molar refractivity (Wildman–Crippen MR) is 83.4 cm³/mol. The fourth-order valence-electron chi connectivity index (χ4n) is 3.09. The Morgan fingerprint density at radius 3 is 2.80 bits per heavy atom. The minimum absolute atomic E-state index is 0.295. The van der Waals surface area contributed by atoms with Crippen molar-refractivity contribution in [3.63, 3.8) is 0 Å². The van der Waals surface area contributed by atoms with Crippen molar-refractivity contribution in [1.82, 2.24) is 0 Å². The van der Waals surface area contributed by atoms with E-state index in [4.69, 9.17) is 10.5 Å². The van der Waals surface area contributed by atoms with Gasteiger partial charge in [-0.1, -0.05) is 12.5 Å². The van der Waals surface area contributed by atoms with Gasteiger partial charge in [-0.2, -0.15) is 0 Å². The molecule has 2 aliphatic rings. The fourth-order valence-corrected chi connectivity index (χ4v) is 3.09. The number of rotatable bonds is 4. The maximum absolute atomic E-state index is 6.12. The fraction of sp³-hybridized carbons (Fsp3) is 0.647. The van der Waals surface area contributed by atoms with Crippen LogP contribution < -0.4 is 15.4 Å². The summed E-state index contributed by atoms with van der Waals surface area (Å²) in [5, 5.41) is 0. The minimum atomic E-state index is 0.295. The lowest BCUT2D eigenvalue weighted by molar-refractivity contribution is 0.181. The van der Waals surface area contributed by atoms with Crippen LogP contribution in [0.15, 0.2) is 18.2 Å². The molecule has 1 aliphatic carbocycles. The lowest BCUT2D eigenvalue weighted by Crippen LogP contribution is -2.43. The summed E-state index contributed by atoms with van der Waals surface area (Å²) in [6, 6.07) is 6.81. The summed E-state index contributed by atoms with van der Waals surface area (Å²) in [5.41, 5.74) is 8.64. The van der Waals surface area contributed by atoms with Crippen LogP contribution in [0.4, 0.5) is 5.69 Å². The second kappa shape index (κ2) is 6.04. The normalized spacial score (nSPS) is 23.5.